The molecule has 1 heterocycles. The molecular formula is C19H17BrN4O. The van der Waals surface area contributed by atoms with Gasteiger partial charge in [0.15, 0.2) is 0 Å². The van der Waals surface area contributed by atoms with E-state index in [9.17, 15) is 4.79 Å². The Bertz CT molecular complexity index is 910. The average Bonchev–Trinajstić information content (AvgIpc) is 2.61. The van der Waals surface area contributed by atoms with Crippen molar-refractivity contribution in [2.75, 3.05) is 10.6 Å². The van der Waals surface area contributed by atoms with E-state index in [2.05, 4.69) is 42.6 Å². The van der Waals surface area contributed by atoms with E-state index in [1.807, 2.05) is 50.2 Å². The van der Waals surface area contributed by atoms with Gasteiger partial charge in [-0.3, -0.25) is 4.79 Å². The Morgan fingerprint density at radius 1 is 1.00 bits per heavy atom. The van der Waals surface area contributed by atoms with E-state index >= 15 is 0 Å². The van der Waals surface area contributed by atoms with Gasteiger partial charge in [0, 0.05) is 22.6 Å². The number of carbonyl (C=O) groups excluding carboxylic acids is 1. The lowest BCUT2D eigenvalue weighted by atomic mass is 10.1. The second-order valence-corrected chi connectivity index (χ2v) is 6.53. The van der Waals surface area contributed by atoms with Gasteiger partial charge in [-0.15, -0.1) is 0 Å². The van der Waals surface area contributed by atoms with E-state index < -0.39 is 0 Å². The van der Waals surface area contributed by atoms with Crippen molar-refractivity contribution in [3.63, 3.8) is 0 Å². The predicted molar refractivity (Wildman–Crippen MR) is 103 cm³/mol. The van der Waals surface area contributed by atoms with Crippen LogP contribution < -0.4 is 10.6 Å². The molecule has 0 spiro atoms. The van der Waals surface area contributed by atoms with Crippen molar-refractivity contribution < 1.29 is 4.79 Å². The maximum atomic E-state index is 12.3. The van der Waals surface area contributed by atoms with Gasteiger partial charge in [-0.1, -0.05) is 24.3 Å². The molecule has 3 aromatic rings. The summed E-state index contributed by atoms with van der Waals surface area (Å²) in [6.07, 6.45) is 3.01. The van der Waals surface area contributed by atoms with Crippen molar-refractivity contribution >= 4 is 39.2 Å². The maximum absolute atomic E-state index is 12.3. The van der Waals surface area contributed by atoms with Crippen LogP contribution in [0.3, 0.4) is 0 Å². The molecule has 0 aliphatic heterocycles. The molecule has 0 atom stereocenters. The van der Waals surface area contributed by atoms with E-state index in [0.29, 0.717) is 17.2 Å². The molecule has 1 amide bonds. The van der Waals surface area contributed by atoms with Gasteiger partial charge in [0.25, 0.3) is 5.91 Å². The van der Waals surface area contributed by atoms with Gasteiger partial charge < -0.3 is 10.6 Å². The highest BCUT2D eigenvalue weighted by Gasteiger charge is 2.10. The van der Waals surface area contributed by atoms with E-state index in [-0.39, 0.29) is 5.91 Å². The molecule has 6 heteroatoms. The van der Waals surface area contributed by atoms with Gasteiger partial charge in [0.1, 0.15) is 0 Å². The molecule has 0 saturated heterocycles. The van der Waals surface area contributed by atoms with Gasteiger partial charge in [0.05, 0.1) is 11.3 Å². The molecule has 1 aromatic heterocycles. The number of anilines is 3. The quantitative estimate of drug-likeness (QED) is 0.661. The van der Waals surface area contributed by atoms with Crippen LogP contribution in [-0.2, 0) is 0 Å². The topological polar surface area (TPSA) is 66.9 Å². The fraction of sp³-hybridized carbons (Fsp3) is 0.105. The number of rotatable bonds is 4. The number of carbonyl (C=O) groups is 1. The molecule has 2 N–H and O–H groups in total. The van der Waals surface area contributed by atoms with Crippen LogP contribution in [0.15, 0.2) is 59.3 Å². The molecule has 0 radical (unpaired) electrons. The van der Waals surface area contributed by atoms with E-state index in [4.69, 9.17) is 0 Å². The second-order valence-electron chi connectivity index (χ2n) is 5.67. The Labute approximate surface area is 154 Å². The summed E-state index contributed by atoms with van der Waals surface area (Å²) in [5.41, 5.74) is 4.29. The minimum atomic E-state index is -0.259. The molecular weight excluding hydrogens is 380 g/mol. The first-order chi connectivity index (χ1) is 12.0. The average molecular weight is 397 g/mol. The summed E-state index contributed by atoms with van der Waals surface area (Å²) in [5.74, 6) is 0.191. The molecule has 0 unspecified atom stereocenters. The minimum absolute atomic E-state index is 0.259. The third-order valence-electron chi connectivity index (χ3n) is 3.68. The predicted octanol–water partition coefficient (Wildman–Crippen LogP) is 4.85. The number of halogens is 1. The highest BCUT2D eigenvalue weighted by Crippen LogP contribution is 2.22. The first-order valence-electron chi connectivity index (χ1n) is 7.75. The van der Waals surface area contributed by atoms with Crippen molar-refractivity contribution in [1.29, 1.82) is 0 Å². The molecule has 0 aliphatic carbocycles. The fourth-order valence-corrected chi connectivity index (χ4v) is 2.64. The molecule has 0 saturated carbocycles. The molecule has 5 nitrogen and oxygen atoms in total. The van der Waals surface area contributed by atoms with Crippen molar-refractivity contribution in [2.24, 2.45) is 0 Å². The Morgan fingerprint density at radius 3 is 2.44 bits per heavy atom. The van der Waals surface area contributed by atoms with Crippen LogP contribution in [-0.4, -0.2) is 15.9 Å². The number of benzene rings is 2. The Balaban J connectivity index is 1.72. The Hall–Kier alpha value is -2.73. The zero-order valence-corrected chi connectivity index (χ0v) is 15.5. The Morgan fingerprint density at radius 2 is 1.72 bits per heavy atom. The maximum Gasteiger partial charge on any atom is 0.258 e. The molecule has 25 heavy (non-hydrogen) atoms. The van der Waals surface area contributed by atoms with Gasteiger partial charge in [0.2, 0.25) is 5.95 Å². The minimum Gasteiger partial charge on any atom is -0.324 e. The number of hydrogen-bond donors (Lipinski definition) is 2. The van der Waals surface area contributed by atoms with Crippen LogP contribution in [0.1, 0.15) is 21.5 Å². The summed E-state index contributed by atoms with van der Waals surface area (Å²) in [6.45, 7) is 4.04. The summed E-state index contributed by atoms with van der Waals surface area (Å²) in [5, 5.41) is 6.00. The highest BCUT2D eigenvalue weighted by molar-refractivity contribution is 9.10. The SMILES string of the molecule is Cc1ccc(C)c(Nc2ncc(C(=O)Nc3ccccc3Br)cn2)c1. The van der Waals surface area contributed by atoms with Gasteiger partial charge >= 0.3 is 0 Å². The normalized spacial score (nSPS) is 10.4. The number of para-hydroxylation sites is 1. The lowest BCUT2D eigenvalue weighted by Crippen LogP contribution is -2.13. The summed E-state index contributed by atoms with van der Waals surface area (Å²) in [7, 11) is 0. The largest absolute Gasteiger partial charge is 0.324 e. The van der Waals surface area contributed by atoms with Crippen LogP contribution in [0, 0.1) is 13.8 Å². The van der Waals surface area contributed by atoms with Crippen LogP contribution in [0.2, 0.25) is 0 Å². The summed E-state index contributed by atoms with van der Waals surface area (Å²) < 4.78 is 0.817. The first-order valence-corrected chi connectivity index (χ1v) is 8.54. The first kappa shape index (κ1) is 17.1. The molecule has 126 valence electrons. The zero-order chi connectivity index (χ0) is 17.8. The van der Waals surface area contributed by atoms with Gasteiger partial charge in [-0.2, -0.15) is 0 Å². The fourth-order valence-electron chi connectivity index (χ4n) is 2.26. The van der Waals surface area contributed by atoms with Gasteiger partial charge in [-0.25, -0.2) is 9.97 Å². The number of aromatic nitrogens is 2. The lowest BCUT2D eigenvalue weighted by molar-refractivity contribution is 0.102. The molecule has 0 aliphatic rings. The number of nitrogens with one attached hydrogen (secondary N) is 2. The van der Waals surface area contributed by atoms with Crippen molar-refractivity contribution in [2.45, 2.75) is 13.8 Å². The van der Waals surface area contributed by atoms with Crippen LogP contribution in [0.5, 0.6) is 0 Å². The monoisotopic (exact) mass is 396 g/mol. The van der Waals surface area contributed by atoms with Gasteiger partial charge in [-0.05, 0) is 59.1 Å². The van der Waals surface area contributed by atoms with E-state index in [1.165, 1.54) is 12.4 Å². The van der Waals surface area contributed by atoms with Crippen molar-refractivity contribution in [3.05, 3.63) is 76.0 Å². The molecule has 2 aromatic carbocycles. The van der Waals surface area contributed by atoms with Crippen molar-refractivity contribution in [3.8, 4) is 0 Å². The molecule has 3 rings (SSSR count). The summed E-state index contributed by atoms with van der Waals surface area (Å²) in [6, 6.07) is 13.5. The number of aryl methyl sites for hydroxylation is 2. The zero-order valence-electron chi connectivity index (χ0n) is 13.9. The molecule has 0 bridgehead atoms. The molecule has 0 fully saturated rings. The number of nitrogens with zero attached hydrogens (tertiary/aromatic N) is 2. The van der Waals surface area contributed by atoms with Crippen LogP contribution >= 0.6 is 15.9 Å². The number of amides is 1. The van der Waals surface area contributed by atoms with Crippen molar-refractivity contribution in [1.82, 2.24) is 9.97 Å². The third kappa shape index (κ3) is 4.22. The third-order valence-corrected chi connectivity index (χ3v) is 4.37. The van der Waals surface area contributed by atoms with Crippen LogP contribution in [0.25, 0.3) is 0 Å². The van der Waals surface area contributed by atoms with E-state index in [1.54, 1.807) is 0 Å². The number of hydrogen-bond acceptors (Lipinski definition) is 4. The smallest absolute Gasteiger partial charge is 0.258 e. The lowest BCUT2D eigenvalue weighted by Gasteiger charge is -2.10. The Kier molecular flexibility index (Phi) is 5.09. The standard InChI is InChI=1S/C19H17BrN4O/c1-12-7-8-13(2)17(9-12)24-19-21-10-14(11-22-19)18(25)23-16-6-4-3-5-15(16)20/h3-11H,1-2H3,(H,23,25)(H,21,22,24). The second kappa shape index (κ2) is 7.44. The highest BCUT2D eigenvalue weighted by atomic mass is 79.9. The van der Waals surface area contributed by atoms with Crippen LogP contribution in [0.4, 0.5) is 17.3 Å². The summed E-state index contributed by atoms with van der Waals surface area (Å²) >= 11 is 3.40. The van der Waals surface area contributed by atoms with E-state index in [0.717, 1.165) is 21.3 Å². The summed E-state index contributed by atoms with van der Waals surface area (Å²) in [4.78, 5) is 20.8.